The second-order valence-corrected chi connectivity index (χ2v) is 14.5. The zero-order valence-electron chi connectivity index (χ0n) is 19.0. The highest BCUT2D eigenvalue weighted by molar-refractivity contribution is 7.92. The van der Waals surface area contributed by atoms with Gasteiger partial charge in [-0.1, -0.05) is 24.3 Å². The smallest absolute Gasteiger partial charge is 0.243 e. The molecule has 2 bridgehead atoms. The summed E-state index contributed by atoms with van der Waals surface area (Å²) in [6.45, 7) is 0.258. The third-order valence-corrected chi connectivity index (χ3v) is 11.1. The van der Waals surface area contributed by atoms with Gasteiger partial charge in [-0.2, -0.15) is 12.7 Å². The van der Waals surface area contributed by atoms with Gasteiger partial charge in [-0.25, -0.2) is 30.5 Å². The third-order valence-electron chi connectivity index (χ3n) is 6.72. The molecule has 2 aromatic heterocycles. The van der Waals surface area contributed by atoms with E-state index in [0.717, 1.165) is 10.2 Å². The molecular formula is C22H26N4O6S3. The Kier molecular flexibility index (Phi) is 6.03. The molecule has 0 radical (unpaired) electrons. The number of aromatic nitrogens is 2. The van der Waals surface area contributed by atoms with Crippen LogP contribution in [0.5, 0.6) is 0 Å². The van der Waals surface area contributed by atoms with Gasteiger partial charge in [0.15, 0.2) is 10.1 Å². The van der Waals surface area contributed by atoms with Gasteiger partial charge in [0.25, 0.3) is 20.0 Å². The highest BCUT2D eigenvalue weighted by atomic mass is 32.2. The van der Waals surface area contributed by atoms with Crippen molar-refractivity contribution in [3.8, 4) is 0 Å². The molecule has 2 aliphatic rings. The SMILES string of the molecule is CS(=O)(=O)NCC1CC2CCC(C1)N2S(=O)(=O)c1cc2ccccc2n1S(=O)(=O)c1ccccn1. The minimum absolute atomic E-state index is 0.0109. The Hall–Kier alpha value is -2.32. The van der Waals surface area contributed by atoms with E-state index in [9.17, 15) is 25.3 Å². The van der Waals surface area contributed by atoms with Crippen molar-refractivity contribution in [3.63, 3.8) is 0 Å². The largest absolute Gasteiger partial charge is 0.286 e. The van der Waals surface area contributed by atoms with Crippen molar-refractivity contribution in [1.29, 1.82) is 0 Å². The Morgan fingerprint density at radius 2 is 1.57 bits per heavy atom. The number of rotatable bonds is 7. The fourth-order valence-electron chi connectivity index (χ4n) is 5.31. The van der Waals surface area contributed by atoms with E-state index in [1.54, 1.807) is 30.3 Å². The highest BCUT2D eigenvalue weighted by Crippen LogP contribution is 2.43. The molecule has 4 heterocycles. The number of sulfonamides is 2. The van der Waals surface area contributed by atoms with Crippen LogP contribution in [0.1, 0.15) is 25.7 Å². The molecule has 0 spiro atoms. The predicted molar refractivity (Wildman–Crippen MR) is 130 cm³/mol. The molecule has 188 valence electrons. The van der Waals surface area contributed by atoms with Gasteiger partial charge in [0.05, 0.1) is 11.8 Å². The van der Waals surface area contributed by atoms with E-state index in [-0.39, 0.29) is 40.1 Å². The van der Waals surface area contributed by atoms with Crippen LogP contribution in [0.25, 0.3) is 10.9 Å². The molecule has 1 N–H and O–H groups in total. The van der Waals surface area contributed by atoms with Crippen LogP contribution in [0.2, 0.25) is 0 Å². The Balaban J connectivity index is 1.57. The van der Waals surface area contributed by atoms with Crippen molar-refractivity contribution in [2.45, 2.75) is 47.8 Å². The van der Waals surface area contributed by atoms with Gasteiger partial charge >= 0.3 is 0 Å². The van der Waals surface area contributed by atoms with Gasteiger partial charge in [0, 0.05) is 30.2 Å². The molecule has 2 saturated heterocycles. The van der Waals surface area contributed by atoms with Crippen LogP contribution < -0.4 is 4.72 Å². The maximum atomic E-state index is 14.0. The average Bonchev–Trinajstić information content (AvgIpc) is 3.35. The lowest BCUT2D eigenvalue weighted by molar-refractivity contribution is 0.191. The monoisotopic (exact) mass is 538 g/mol. The first-order valence-corrected chi connectivity index (χ1v) is 16.0. The first-order valence-electron chi connectivity index (χ1n) is 11.2. The summed E-state index contributed by atoms with van der Waals surface area (Å²) in [5, 5.41) is -0.0644. The summed E-state index contributed by atoms with van der Waals surface area (Å²) >= 11 is 0. The maximum absolute atomic E-state index is 14.0. The Labute approximate surface area is 205 Å². The van der Waals surface area contributed by atoms with Crippen LogP contribution >= 0.6 is 0 Å². The van der Waals surface area contributed by atoms with E-state index in [1.165, 1.54) is 28.7 Å². The Morgan fingerprint density at radius 1 is 0.914 bits per heavy atom. The van der Waals surface area contributed by atoms with Crippen molar-refractivity contribution >= 4 is 41.0 Å². The molecule has 35 heavy (non-hydrogen) atoms. The summed E-state index contributed by atoms with van der Waals surface area (Å²) in [6.07, 6.45) is 4.75. The van der Waals surface area contributed by atoms with Crippen molar-refractivity contribution in [3.05, 3.63) is 54.7 Å². The van der Waals surface area contributed by atoms with Gasteiger partial charge in [0.2, 0.25) is 10.0 Å². The van der Waals surface area contributed by atoms with Gasteiger partial charge in [-0.15, -0.1) is 0 Å². The van der Waals surface area contributed by atoms with Crippen molar-refractivity contribution in [2.75, 3.05) is 12.8 Å². The van der Waals surface area contributed by atoms with Crippen molar-refractivity contribution in [1.82, 2.24) is 18.0 Å². The lowest BCUT2D eigenvalue weighted by Crippen LogP contribution is -2.48. The lowest BCUT2D eigenvalue weighted by Gasteiger charge is -2.37. The number of fused-ring (bicyclic) bond motifs is 3. The standard InChI is InChI=1S/C22H26N4O6S3/c1-33(27,28)24-15-16-12-18-9-10-19(13-16)25(18)35(31,32)22-14-17-6-2-3-7-20(17)26(22)34(29,30)21-8-4-5-11-23-21/h2-8,11,14,16,18-19,24H,9-10,12-13,15H2,1H3. The number of benzene rings is 1. The zero-order chi connectivity index (χ0) is 25.0. The second-order valence-electron chi connectivity index (χ2n) is 9.16. The summed E-state index contributed by atoms with van der Waals surface area (Å²) < 4.78 is 83.2. The van der Waals surface area contributed by atoms with E-state index >= 15 is 0 Å². The number of hydrogen-bond acceptors (Lipinski definition) is 7. The summed E-state index contributed by atoms with van der Waals surface area (Å²) in [5.74, 6) is 0.0109. The second kappa shape index (κ2) is 8.66. The normalized spacial score (nSPS) is 23.6. The maximum Gasteiger partial charge on any atom is 0.286 e. The number of hydrogen-bond donors (Lipinski definition) is 1. The molecular weight excluding hydrogens is 512 g/mol. The van der Waals surface area contributed by atoms with E-state index < -0.39 is 30.1 Å². The molecule has 1 aromatic carbocycles. The number of nitrogens with one attached hydrogen (secondary N) is 1. The van der Waals surface area contributed by atoms with Gasteiger partial charge in [-0.05, 0) is 55.9 Å². The highest BCUT2D eigenvalue weighted by Gasteiger charge is 2.48. The summed E-state index contributed by atoms with van der Waals surface area (Å²) in [7, 11) is -11.8. The summed E-state index contributed by atoms with van der Waals surface area (Å²) in [4.78, 5) is 3.97. The van der Waals surface area contributed by atoms with Gasteiger partial charge < -0.3 is 0 Å². The number of pyridine rings is 1. The van der Waals surface area contributed by atoms with Gasteiger partial charge in [0.1, 0.15) is 0 Å². The first kappa shape index (κ1) is 24.4. The van der Waals surface area contributed by atoms with Gasteiger partial charge in [-0.3, -0.25) is 0 Å². The summed E-state index contributed by atoms with van der Waals surface area (Å²) in [6, 6.07) is 11.9. The van der Waals surface area contributed by atoms with Crippen molar-refractivity contribution < 1.29 is 25.3 Å². The number of piperidine rings is 1. The Bertz CT molecular complexity index is 1570. The van der Waals surface area contributed by atoms with Crippen LogP contribution in [-0.2, 0) is 30.1 Å². The molecule has 5 rings (SSSR count). The molecule has 2 fully saturated rings. The Morgan fingerprint density at radius 3 is 2.20 bits per heavy atom. The van der Waals surface area contributed by atoms with E-state index in [2.05, 4.69) is 9.71 Å². The lowest BCUT2D eigenvalue weighted by atomic mass is 9.93. The summed E-state index contributed by atoms with van der Waals surface area (Å²) in [5.41, 5.74) is 0.260. The quantitative estimate of drug-likeness (QED) is 0.484. The molecule has 2 atom stereocenters. The molecule has 0 amide bonds. The predicted octanol–water partition coefficient (Wildman–Crippen LogP) is 1.75. The zero-order valence-corrected chi connectivity index (χ0v) is 21.4. The number of nitrogens with zero attached hydrogens (tertiary/aromatic N) is 3. The van der Waals surface area contributed by atoms with Crippen LogP contribution in [0.3, 0.4) is 0 Å². The first-order chi connectivity index (χ1) is 16.5. The van der Waals surface area contributed by atoms with E-state index in [0.29, 0.717) is 31.1 Å². The topological polar surface area (TPSA) is 136 Å². The molecule has 2 aliphatic heterocycles. The molecule has 10 nitrogen and oxygen atoms in total. The fraction of sp³-hybridized carbons (Fsp3) is 0.409. The molecule has 0 aliphatic carbocycles. The third kappa shape index (κ3) is 4.40. The van der Waals surface area contributed by atoms with Crippen LogP contribution in [-0.4, -0.2) is 63.4 Å². The molecule has 13 heteroatoms. The average molecular weight is 539 g/mol. The van der Waals surface area contributed by atoms with Crippen LogP contribution in [0, 0.1) is 5.92 Å². The minimum atomic E-state index is -4.30. The molecule has 0 saturated carbocycles. The van der Waals surface area contributed by atoms with E-state index in [1.807, 2.05) is 0 Å². The fourth-order valence-corrected chi connectivity index (χ4v) is 9.74. The minimum Gasteiger partial charge on any atom is -0.243 e. The molecule has 3 aromatic rings. The van der Waals surface area contributed by atoms with Crippen LogP contribution in [0.15, 0.2) is 64.8 Å². The van der Waals surface area contributed by atoms with Crippen LogP contribution in [0.4, 0.5) is 0 Å². The van der Waals surface area contributed by atoms with Crippen molar-refractivity contribution in [2.24, 2.45) is 5.92 Å². The number of para-hydroxylation sites is 1. The van der Waals surface area contributed by atoms with E-state index in [4.69, 9.17) is 0 Å². The molecule has 2 unspecified atom stereocenters.